The molecule has 2 heterocycles. The van der Waals surface area contributed by atoms with Crippen LogP contribution in [-0.2, 0) is 17.3 Å². The number of ether oxygens (including phenoxy) is 2. The number of nitrogens with zero attached hydrogens (tertiary/aromatic N) is 2. The van der Waals surface area contributed by atoms with Gasteiger partial charge in [-0.2, -0.15) is 5.10 Å². The van der Waals surface area contributed by atoms with Crippen LogP contribution in [0.3, 0.4) is 0 Å². The predicted molar refractivity (Wildman–Crippen MR) is 118 cm³/mol. The molecule has 2 aromatic carbocycles. The van der Waals surface area contributed by atoms with Gasteiger partial charge in [-0.3, -0.25) is 4.79 Å². The van der Waals surface area contributed by atoms with Crippen LogP contribution in [0.25, 0.3) is 10.9 Å². The van der Waals surface area contributed by atoms with Crippen molar-refractivity contribution in [2.45, 2.75) is 39.2 Å². The van der Waals surface area contributed by atoms with Crippen LogP contribution in [0.4, 0.5) is 0 Å². The fraction of sp³-hybridized carbons (Fsp3) is 0.333. The molecule has 0 spiro atoms. The molecule has 1 aliphatic heterocycles. The summed E-state index contributed by atoms with van der Waals surface area (Å²) in [4.78, 5) is 12.6. The zero-order chi connectivity index (χ0) is 21.5. The van der Waals surface area contributed by atoms with E-state index in [0.29, 0.717) is 11.5 Å². The van der Waals surface area contributed by atoms with Gasteiger partial charge in [0.1, 0.15) is 6.61 Å². The summed E-state index contributed by atoms with van der Waals surface area (Å²) in [6.07, 6.45) is 0.934. The molecule has 4 rings (SSSR count). The van der Waals surface area contributed by atoms with Gasteiger partial charge in [-0.1, -0.05) is 45.0 Å². The molecule has 0 radical (unpaired) electrons. The van der Waals surface area contributed by atoms with Crippen LogP contribution in [0.5, 0.6) is 11.5 Å². The van der Waals surface area contributed by atoms with E-state index in [2.05, 4.69) is 41.9 Å². The minimum absolute atomic E-state index is 0.0196. The van der Waals surface area contributed by atoms with E-state index in [0.717, 1.165) is 27.7 Å². The van der Waals surface area contributed by atoms with Gasteiger partial charge in [-0.15, -0.1) is 0 Å². The highest BCUT2D eigenvalue weighted by molar-refractivity contribution is 6.01. The first kappa shape index (κ1) is 20.0. The lowest BCUT2D eigenvalue weighted by Gasteiger charge is -2.27. The maximum atomic E-state index is 12.6. The average Bonchev–Trinajstić information content (AvgIpc) is 2.97. The number of hydrogen-bond donors (Lipinski definition) is 1. The second kappa shape index (κ2) is 7.52. The van der Waals surface area contributed by atoms with E-state index in [-0.39, 0.29) is 17.9 Å². The third kappa shape index (κ3) is 3.65. The van der Waals surface area contributed by atoms with Gasteiger partial charge >= 0.3 is 0 Å². The number of aryl methyl sites for hydroxylation is 1. The van der Waals surface area contributed by atoms with Crippen molar-refractivity contribution in [3.8, 4) is 11.5 Å². The SMILES string of the molecule is Cc1c(C=NNC(=O)C2COc3ccc(C(C)(C)C)cc3O2)c2ccccc2n1C. The van der Waals surface area contributed by atoms with Crippen molar-refractivity contribution in [2.24, 2.45) is 12.1 Å². The van der Waals surface area contributed by atoms with E-state index in [1.165, 1.54) is 0 Å². The number of hydrogen-bond acceptors (Lipinski definition) is 4. The number of aromatic nitrogens is 1. The molecule has 0 saturated carbocycles. The van der Waals surface area contributed by atoms with Crippen molar-refractivity contribution in [2.75, 3.05) is 6.61 Å². The topological polar surface area (TPSA) is 64.8 Å². The Kier molecular flexibility index (Phi) is 5.02. The second-order valence-electron chi connectivity index (χ2n) is 8.64. The first-order valence-corrected chi connectivity index (χ1v) is 10.1. The summed E-state index contributed by atoms with van der Waals surface area (Å²) in [5, 5.41) is 5.27. The number of carbonyl (C=O) groups excluding carboxylic acids is 1. The summed E-state index contributed by atoms with van der Waals surface area (Å²) < 4.78 is 13.8. The van der Waals surface area contributed by atoms with Crippen LogP contribution in [0.2, 0.25) is 0 Å². The Labute approximate surface area is 176 Å². The van der Waals surface area contributed by atoms with Crippen molar-refractivity contribution < 1.29 is 14.3 Å². The van der Waals surface area contributed by atoms with Gasteiger partial charge in [0, 0.05) is 29.2 Å². The maximum Gasteiger partial charge on any atom is 0.284 e. The third-order valence-electron chi connectivity index (χ3n) is 5.58. The number of para-hydroxylation sites is 1. The summed E-state index contributed by atoms with van der Waals surface area (Å²) in [6, 6.07) is 14.0. The molecule has 1 aliphatic rings. The lowest BCUT2D eigenvalue weighted by atomic mass is 9.87. The Balaban J connectivity index is 1.48. The zero-order valence-corrected chi connectivity index (χ0v) is 18.0. The summed E-state index contributed by atoms with van der Waals surface area (Å²) in [6.45, 7) is 8.58. The molecule has 6 nitrogen and oxygen atoms in total. The fourth-order valence-corrected chi connectivity index (χ4v) is 3.61. The van der Waals surface area contributed by atoms with E-state index in [9.17, 15) is 4.79 Å². The molecule has 6 heteroatoms. The van der Waals surface area contributed by atoms with Gasteiger partial charge in [0.05, 0.1) is 6.21 Å². The highest BCUT2D eigenvalue weighted by atomic mass is 16.6. The van der Waals surface area contributed by atoms with E-state index in [1.807, 2.05) is 50.4 Å². The Morgan fingerprint density at radius 3 is 2.73 bits per heavy atom. The molecule has 156 valence electrons. The smallest absolute Gasteiger partial charge is 0.284 e. The Morgan fingerprint density at radius 2 is 1.97 bits per heavy atom. The number of carbonyl (C=O) groups is 1. The van der Waals surface area contributed by atoms with Gasteiger partial charge in [0.25, 0.3) is 5.91 Å². The van der Waals surface area contributed by atoms with Crippen LogP contribution in [-0.4, -0.2) is 29.4 Å². The average molecular weight is 405 g/mol. The van der Waals surface area contributed by atoms with Crippen molar-refractivity contribution >= 4 is 23.0 Å². The maximum absolute atomic E-state index is 12.6. The van der Waals surface area contributed by atoms with Gasteiger partial charge in [-0.05, 0) is 36.1 Å². The van der Waals surface area contributed by atoms with Crippen LogP contribution in [0.15, 0.2) is 47.6 Å². The molecule has 1 amide bonds. The molecule has 3 aromatic rings. The first-order chi connectivity index (χ1) is 14.3. The predicted octanol–water partition coefficient (Wildman–Crippen LogP) is 4.07. The molecular weight excluding hydrogens is 378 g/mol. The van der Waals surface area contributed by atoms with Crippen molar-refractivity contribution in [1.29, 1.82) is 0 Å². The lowest BCUT2D eigenvalue weighted by molar-refractivity contribution is -0.130. The largest absolute Gasteiger partial charge is 0.485 e. The zero-order valence-electron chi connectivity index (χ0n) is 18.0. The quantitative estimate of drug-likeness (QED) is 0.528. The second-order valence-corrected chi connectivity index (χ2v) is 8.64. The molecule has 0 saturated heterocycles. The van der Waals surface area contributed by atoms with E-state index >= 15 is 0 Å². The van der Waals surface area contributed by atoms with Crippen LogP contribution in [0.1, 0.15) is 37.6 Å². The molecule has 1 atom stereocenters. The monoisotopic (exact) mass is 405 g/mol. The standard InChI is InChI=1S/C24H27N3O3/c1-15-18(17-8-6-7-9-19(17)27(15)5)13-25-26-23(28)22-14-29-20-11-10-16(24(2,3)4)12-21(20)30-22/h6-13,22H,14H2,1-5H3,(H,26,28). The minimum Gasteiger partial charge on any atom is -0.485 e. The Morgan fingerprint density at radius 1 is 1.20 bits per heavy atom. The number of rotatable bonds is 3. The normalized spacial score (nSPS) is 16.2. The van der Waals surface area contributed by atoms with Crippen molar-refractivity contribution in [1.82, 2.24) is 9.99 Å². The molecule has 1 unspecified atom stereocenters. The molecule has 30 heavy (non-hydrogen) atoms. The first-order valence-electron chi connectivity index (χ1n) is 10.1. The van der Waals surface area contributed by atoms with Gasteiger partial charge in [0.2, 0.25) is 6.10 Å². The summed E-state index contributed by atoms with van der Waals surface area (Å²) in [7, 11) is 2.02. The van der Waals surface area contributed by atoms with E-state index < -0.39 is 6.10 Å². The van der Waals surface area contributed by atoms with E-state index in [1.54, 1.807) is 6.21 Å². The molecule has 1 aromatic heterocycles. The molecule has 0 fully saturated rings. The molecule has 0 aliphatic carbocycles. The summed E-state index contributed by atoms with van der Waals surface area (Å²) >= 11 is 0. The van der Waals surface area contributed by atoms with Gasteiger partial charge in [0.15, 0.2) is 11.5 Å². The summed E-state index contributed by atoms with van der Waals surface area (Å²) in [5.41, 5.74) is 6.88. The number of fused-ring (bicyclic) bond motifs is 2. The van der Waals surface area contributed by atoms with Crippen molar-refractivity contribution in [3.05, 3.63) is 59.3 Å². The van der Waals surface area contributed by atoms with Crippen LogP contribution in [0, 0.1) is 6.92 Å². The number of nitrogens with one attached hydrogen (secondary N) is 1. The third-order valence-corrected chi connectivity index (χ3v) is 5.58. The lowest BCUT2D eigenvalue weighted by Crippen LogP contribution is -2.42. The van der Waals surface area contributed by atoms with E-state index in [4.69, 9.17) is 9.47 Å². The van der Waals surface area contributed by atoms with Crippen molar-refractivity contribution in [3.63, 3.8) is 0 Å². The number of hydrazone groups is 1. The van der Waals surface area contributed by atoms with Crippen LogP contribution < -0.4 is 14.9 Å². The Bertz CT molecular complexity index is 1140. The summed E-state index contributed by atoms with van der Waals surface area (Å²) in [5.74, 6) is 0.903. The fourth-order valence-electron chi connectivity index (χ4n) is 3.61. The molecule has 0 bridgehead atoms. The highest BCUT2D eigenvalue weighted by Crippen LogP contribution is 2.36. The Hall–Kier alpha value is -3.28. The molecular formula is C24H27N3O3. The number of amides is 1. The van der Waals surface area contributed by atoms with Gasteiger partial charge in [-0.25, -0.2) is 5.43 Å². The van der Waals surface area contributed by atoms with Crippen LogP contribution >= 0.6 is 0 Å². The van der Waals surface area contributed by atoms with Gasteiger partial charge < -0.3 is 14.0 Å². The number of benzene rings is 2. The molecule has 1 N–H and O–H groups in total. The highest BCUT2D eigenvalue weighted by Gasteiger charge is 2.28. The minimum atomic E-state index is -0.751.